The summed E-state index contributed by atoms with van der Waals surface area (Å²) in [6.07, 6.45) is 2.98. The van der Waals surface area contributed by atoms with E-state index in [1.807, 2.05) is 6.07 Å². The van der Waals surface area contributed by atoms with E-state index in [4.69, 9.17) is 5.73 Å². The van der Waals surface area contributed by atoms with E-state index in [1.54, 1.807) is 0 Å². The first-order valence-corrected chi connectivity index (χ1v) is 10.7. The minimum absolute atomic E-state index is 0.157. The lowest BCUT2D eigenvalue weighted by atomic mass is 10.2. The number of nitrogens with two attached hydrogens (primary N) is 1. The summed E-state index contributed by atoms with van der Waals surface area (Å²) in [5.41, 5.74) is 6.25. The van der Waals surface area contributed by atoms with Gasteiger partial charge in [-0.1, -0.05) is 18.3 Å². The number of benzene rings is 1. The van der Waals surface area contributed by atoms with Crippen molar-refractivity contribution >= 4 is 45.4 Å². The highest BCUT2D eigenvalue weighted by molar-refractivity contribution is 7.17. The summed E-state index contributed by atoms with van der Waals surface area (Å²) in [5.74, 6) is 0.624. The molecule has 11 heteroatoms. The number of piperazine rings is 1. The molecular formula is C20H23FN8OS. The molecular weight excluding hydrogens is 419 g/mol. The van der Waals surface area contributed by atoms with Crippen LogP contribution in [-0.4, -0.2) is 58.5 Å². The number of rotatable bonds is 6. The SMILES string of the molecule is CCN1CCN(c2cc(Nc3ncc(C(=O)Nc4ccc(F)cc4N)s3)ncn2)CC1. The van der Waals surface area contributed by atoms with Crippen LogP contribution in [0.1, 0.15) is 16.6 Å². The number of hydrogen-bond acceptors (Lipinski definition) is 9. The highest BCUT2D eigenvalue weighted by Crippen LogP contribution is 2.25. The molecule has 0 saturated carbocycles. The molecule has 9 nitrogen and oxygen atoms in total. The van der Waals surface area contributed by atoms with E-state index in [-0.39, 0.29) is 11.6 Å². The minimum atomic E-state index is -0.462. The van der Waals surface area contributed by atoms with Crippen LogP contribution < -0.4 is 21.3 Å². The molecule has 0 aliphatic carbocycles. The summed E-state index contributed by atoms with van der Waals surface area (Å²) in [5, 5.41) is 6.32. The second-order valence-electron chi connectivity index (χ2n) is 7.02. The summed E-state index contributed by atoms with van der Waals surface area (Å²) < 4.78 is 13.2. The molecule has 0 spiro atoms. The lowest BCUT2D eigenvalue weighted by Crippen LogP contribution is -2.46. The standard InChI is InChI=1S/C20H23FN8OS/c1-2-28-5-7-29(8-6-28)18-10-17(24-12-25-18)27-20-23-11-16(31-20)19(30)26-15-4-3-13(21)9-14(15)22/h3-4,9-12H,2,5-8,22H2,1H3,(H,26,30)(H,23,24,25,27). The molecule has 162 valence electrons. The van der Waals surface area contributed by atoms with E-state index in [2.05, 4.69) is 42.3 Å². The number of anilines is 5. The van der Waals surface area contributed by atoms with Crippen molar-refractivity contribution in [3.05, 3.63) is 47.5 Å². The Labute approximate surface area is 183 Å². The Kier molecular flexibility index (Phi) is 6.23. The fourth-order valence-electron chi connectivity index (χ4n) is 3.26. The Bertz CT molecular complexity index is 1070. The number of amides is 1. The Morgan fingerprint density at radius 3 is 2.74 bits per heavy atom. The number of hydrogen-bond donors (Lipinski definition) is 3. The van der Waals surface area contributed by atoms with Crippen LogP contribution in [0.4, 0.5) is 32.5 Å². The fraction of sp³-hybridized carbons (Fsp3) is 0.300. The summed E-state index contributed by atoms with van der Waals surface area (Å²) in [4.78, 5) is 30.4. The van der Waals surface area contributed by atoms with Gasteiger partial charge in [0.05, 0.1) is 17.6 Å². The fourth-order valence-corrected chi connectivity index (χ4v) is 3.98. The number of nitrogens with zero attached hydrogens (tertiary/aromatic N) is 5. The molecule has 1 aliphatic rings. The van der Waals surface area contributed by atoms with E-state index < -0.39 is 5.82 Å². The van der Waals surface area contributed by atoms with E-state index in [1.165, 1.54) is 36.0 Å². The van der Waals surface area contributed by atoms with Crippen molar-refractivity contribution in [1.29, 1.82) is 0 Å². The van der Waals surface area contributed by atoms with Gasteiger partial charge in [0.15, 0.2) is 5.13 Å². The largest absolute Gasteiger partial charge is 0.397 e. The molecule has 1 aromatic carbocycles. The zero-order valence-corrected chi connectivity index (χ0v) is 17.8. The monoisotopic (exact) mass is 442 g/mol. The number of carbonyl (C=O) groups excluding carboxylic acids is 1. The van der Waals surface area contributed by atoms with Gasteiger partial charge in [-0.2, -0.15) is 0 Å². The zero-order chi connectivity index (χ0) is 21.8. The van der Waals surface area contributed by atoms with Gasteiger partial charge in [-0.3, -0.25) is 4.79 Å². The normalized spacial score (nSPS) is 14.5. The van der Waals surface area contributed by atoms with Gasteiger partial charge in [-0.05, 0) is 24.7 Å². The predicted octanol–water partition coefficient (Wildman–Crippen LogP) is 2.79. The second kappa shape index (κ2) is 9.23. The van der Waals surface area contributed by atoms with Crippen molar-refractivity contribution in [2.45, 2.75) is 6.92 Å². The third-order valence-corrected chi connectivity index (χ3v) is 5.93. The van der Waals surface area contributed by atoms with Crippen LogP contribution in [0.2, 0.25) is 0 Å². The number of nitrogens with one attached hydrogen (secondary N) is 2. The van der Waals surface area contributed by atoms with Gasteiger partial charge in [-0.25, -0.2) is 19.3 Å². The number of thiazole rings is 1. The molecule has 0 unspecified atom stereocenters. The third kappa shape index (κ3) is 5.06. The Morgan fingerprint density at radius 2 is 2.00 bits per heavy atom. The maximum absolute atomic E-state index is 13.2. The van der Waals surface area contributed by atoms with E-state index >= 15 is 0 Å². The molecule has 3 heterocycles. The molecule has 0 bridgehead atoms. The Hall–Kier alpha value is -3.31. The van der Waals surface area contributed by atoms with Gasteiger partial charge in [-0.15, -0.1) is 0 Å². The molecule has 0 radical (unpaired) electrons. The van der Waals surface area contributed by atoms with E-state index in [0.29, 0.717) is 21.5 Å². The highest BCUT2D eigenvalue weighted by atomic mass is 32.1. The quantitative estimate of drug-likeness (QED) is 0.500. The summed E-state index contributed by atoms with van der Waals surface area (Å²) >= 11 is 1.18. The van der Waals surface area contributed by atoms with Gasteiger partial charge >= 0.3 is 0 Å². The van der Waals surface area contributed by atoms with Crippen molar-refractivity contribution in [1.82, 2.24) is 19.9 Å². The first-order valence-electron chi connectivity index (χ1n) is 9.90. The van der Waals surface area contributed by atoms with Gasteiger partial charge in [0.25, 0.3) is 5.91 Å². The van der Waals surface area contributed by atoms with Gasteiger partial charge < -0.3 is 26.2 Å². The first-order chi connectivity index (χ1) is 15.0. The lowest BCUT2D eigenvalue weighted by Gasteiger charge is -2.34. The number of nitrogen functional groups attached to an aromatic ring is 1. The van der Waals surface area contributed by atoms with Crippen molar-refractivity contribution in [3.63, 3.8) is 0 Å². The van der Waals surface area contributed by atoms with Gasteiger partial charge in [0.2, 0.25) is 0 Å². The first kappa shape index (κ1) is 20.9. The van der Waals surface area contributed by atoms with Crippen molar-refractivity contribution in [2.75, 3.05) is 54.0 Å². The van der Waals surface area contributed by atoms with Crippen molar-refractivity contribution in [3.8, 4) is 0 Å². The lowest BCUT2D eigenvalue weighted by molar-refractivity contribution is 0.103. The summed E-state index contributed by atoms with van der Waals surface area (Å²) in [7, 11) is 0. The minimum Gasteiger partial charge on any atom is -0.397 e. The molecule has 4 rings (SSSR count). The molecule has 1 fully saturated rings. The van der Waals surface area contributed by atoms with Gasteiger partial charge in [0, 0.05) is 32.2 Å². The number of aromatic nitrogens is 3. The smallest absolute Gasteiger partial charge is 0.267 e. The number of carbonyl (C=O) groups is 1. The molecule has 2 aromatic heterocycles. The molecule has 1 aliphatic heterocycles. The van der Waals surface area contributed by atoms with E-state index in [9.17, 15) is 9.18 Å². The molecule has 0 atom stereocenters. The third-order valence-electron chi connectivity index (χ3n) is 5.02. The molecule has 3 aromatic rings. The van der Waals surface area contributed by atoms with Crippen LogP contribution in [0, 0.1) is 5.82 Å². The summed E-state index contributed by atoms with van der Waals surface area (Å²) in [6.45, 7) is 7.06. The zero-order valence-electron chi connectivity index (χ0n) is 17.0. The molecule has 1 amide bonds. The average Bonchev–Trinajstić information content (AvgIpc) is 3.24. The maximum Gasteiger partial charge on any atom is 0.267 e. The van der Waals surface area contributed by atoms with E-state index in [0.717, 1.165) is 44.6 Å². The highest BCUT2D eigenvalue weighted by Gasteiger charge is 2.18. The Balaban J connectivity index is 1.40. The number of halogens is 1. The van der Waals surface area contributed by atoms with Crippen LogP contribution in [0.5, 0.6) is 0 Å². The summed E-state index contributed by atoms with van der Waals surface area (Å²) in [6, 6.07) is 5.69. The van der Waals surface area contributed by atoms with Crippen LogP contribution in [0.3, 0.4) is 0 Å². The van der Waals surface area contributed by atoms with Crippen LogP contribution >= 0.6 is 11.3 Å². The Morgan fingerprint density at radius 1 is 1.19 bits per heavy atom. The molecule has 4 N–H and O–H groups in total. The topological polar surface area (TPSA) is 112 Å². The van der Waals surface area contributed by atoms with Gasteiger partial charge in [0.1, 0.15) is 28.7 Å². The second-order valence-corrected chi connectivity index (χ2v) is 8.05. The van der Waals surface area contributed by atoms with Crippen molar-refractivity contribution < 1.29 is 9.18 Å². The van der Waals surface area contributed by atoms with Crippen LogP contribution in [-0.2, 0) is 0 Å². The molecule has 31 heavy (non-hydrogen) atoms. The average molecular weight is 443 g/mol. The van der Waals surface area contributed by atoms with Crippen LogP contribution in [0.25, 0.3) is 0 Å². The maximum atomic E-state index is 13.2. The van der Waals surface area contributed by atoms with Crippen molar-refractivity contribution in [2.24, 2.45) is 0 Å². The number of likely N-dealkylation sites (N-methyl/N-ethyl adjacent to an activating group) is 1. The predicted molar refractivity (Wildman–Crippen MR) is 121 cm³/mol. The van der Waals surface area contributed by atoms with Crippen LogP contribution in [0.15, 0.2) is 36.8 Å². The molecule has 1 saturated heterocycles.